The first-order chi connectivity index (χ1) is 9.62. The molecule has 6 nitrogen and oxygen atoms in total. The van der Waals surface area contributed by atoms with E-state index in [2.05, 4.69) is 10.2 Å². The summed E-state index contributed by atoms with van der Waals surface area (Å²) in [6, 6.07) is 0. The van der Waals surface area contributed by atoms with Gasteiger partial charge < -0.3 is 16.0 Å². The van der Waals surface area contributed by atoms with E-state index in [9.17, 15) is 9.59 Å². The Morgan fingerprint density at radius 1 is 1.35 bits per heavy atom. The van der Waals surface area contributed by atoms with Gasteiger partial charge in [-0.3, -0.25) is 14.5 Å². The quantitative estimate of drug-likeness (QED) is 0.669. The summed E-state index contributed by atoms with van der Waals surface area (Å²) in [4.78, 5) is 28.0. The van der Waals surface area contributed by atoms with E-state index in [1.807, 2.05) is 18.7 Å². The van der Waals surface area contributed by atoms with Crippen LogP contribution in [-0.2, 0) is 9.59 Å². The standard InChI is InChI=1S/C14H28N4O2/c1-3-18(4-2)13(19)11-17-9-5-6-12(10-17)14(20)16-8-7-15/h12H,3-11,15H2,1-2H3,(H,16,20). The van der Waals surface area contributed by atoms with Gasteiger partial charge in [0.15, 0.2) is 0 Å². The van der Waals surface area contributed by atoms with E-state index in [0.717, 1.165) is 32.5 Å². The zero-order valence-electron chi connectivity index (χ0n) is 12.7. The first-order valence-electron chi connectivity index (χ1n) is 7.60. The normalized spacial score (nSPS) is 19.6. The molecule has 1 heterocycles. The van der Waals surface area contributed by atoms with Crippen molar-refractivity contribution in [2.45, 2.75) is 26.7 Å². The molecule has 0 spiro atoms. The lowest BCUT2D eigenvalue weighted by Gasteiger charge is -2.32. The smallest absolute Gasteiger partial charge is 0.236 e. The van der Waals surface area contributed by atoms with Crippen LogP contribution >= 0.6 is 0 Å². The van der Waals surface area contributed by atoms with Crippen molar-refractivity contribution in [3.63, 3.8) is 0 Å². The fourth-order valence-electron chi connectivity index (χ4n) is 2.62. The summed E-state index contributed by atoms with van der Waals surface area (Å²) < 4.78 is 0. The molecule has 1 aliphatic rings. The van der Waals surface area contributed by atoms with Gasteiger partial charge in [0, 0.05) is 32.7 Å². The number of nitrogens with one attached hydrogen (secondary N) is 1. The number of likely N-dealkylation sites (N-methyl/N-ethyl adjacent to an activating group) is 1. The van der Waals surface area contributed by atoms with Crippen molar-refractivity contribution < 1.29 is 9.59 Å². The van der Waals surface area contributed by atoms with E-state index in [4.69, 9.17) is 5.73 Å². The molecule has 20 heavy (non-hydrogen) atoms. The molecule has 0 aliphatic carbocycles. The Hall–Kier alpha value is -1.14. The third-order valence-electron chi connectivity index (χ3n) is 3.79. The number of rotatable bonds is 7. The molecule has 1 atom stereocenters. The number of carbonyl (C=O) groups is 2. The Morgan fingerprint density at radius 3 is 2.65 bits per heavy atom. The third-order valence-corrected chi connectivity index (χ3v) is 3.79. The topological polar surface area (TPSA) is 78.7 Å². The van der Waals surface area contributed by atoms with Gasteiger partial charge in [-0.2, -0.15) is 0 Å². The van der Waals surface area contributed by atoms with Gasteiger partial charge in [-0.05, 0) is 33.2 Å². The summed E-state index contributed by atoms with van der Waals surface area (Å²) in [5, 5.41) is 2.84. The Kier molecular flexibility index (Phi) is 7.54. The van der Waals surface area contributed by atoms with Crippen LogP contribution in [0.4, 0.5) is 0 Å². The molecule has 0 aromatic rings. The van der Waals surface area contributed by atoms with Gasteiger partial charge in [0.2, 0.25) is 11.8 Å². The number of hydrogen-bond donors (Lipinski definition) is 2. The Balaban J connectivity index is 2.44. The van der Waals surface area contributed by atoms with E-state index >= 15 is 0 Å². The van der Waals surface area contributed by atoms with Crippen LogP contribution < -0.4 is 11.1 Å². The number of nitrogens with two attached hydrogens (primary N) is 1. The third kappa shape index (κ3) is 5.09. The van der Waals surface area contributed by atoms with Crippen molar-refractivity contribution in [1.29, 1.82) is 0 Å². The molecule has 3 N–H and O–H groups in total. The summed E-state index contributed by atoms with van der Waals surface area (Å²) in [5.41, 5.74) is 5.39. The Morgan fingerprint density at radius 2 is 2.05 bits per heavy atom. The van der Waals surface area contributed by atoms with Crippen LogP contribution in [0, 0.1) is 5.92 Å². The van der Waals surface area contributed by atoms with Crippen LogP contribution in [0.25, 0.3) is 0 Å². The van der Waals surface area contributed by atoms with Crippen molar-refractivity contribution in [3.05, 3.63) is 0 Å². The zero-order chi connectivity index (χ0) is 15.0. The molecule has 1 fully saturated rings. The minimum absolute atomic E-state index is 0.0141. The maximum atomic E-state index is 12.1. The number of nitrogens with zero attached hydrogens (tertiary/aromatic N) is 2. The highest BCUT2D eigenvalue weighted by Gasteiger charge is 2.27. The number of likely N-dealkylation sites (tertiary alicyclic amines) is 1. The average molecular weight is 284 g/mol. The maximum Gasteiger partial charge on any atom is 0.236 e. The summed E-state index contributed by atoms with van der Waals surface area (Å²) >= 11 is 0. The summed E-state index contributed by atoms with van der Waals surface area (Å²) in [6.07, 6.45) is 1.86. The van der Waals surface area contributed by atoms with E-state index in [1.54, 1.807) is 0 Å². The largest absolute Gasteiger partial charge is 0.355 e. The maximum absolute atomic E-state index is 12.1. The van der Waals surface area contributed by atoms with Gasteiger partial charge in [0.25, 0.3) is 0 Å². The van der Waals surface area contributed by atoms with Crippen molar-refractivity contribution in [3.8, 4) is 0 Å². The van der Waals surface area contributed by atoms with Gasteiger partial charge in [-0.1, -0.05) is 0 Å². The fraction of sp³-hybridized carbons (Fsp3) is 0.857. The average Bonchev–Trinajstić information content (AvgIpc) is 2.46. The molecule has 0 aromatic carbocycles. The van der Waals surface area contributed by atoms with Crippen molar-refractivity contribution >= 4 is 11.8 Å². The van der Waals surface area contributed by atoms with E-state index in [0.29, 0.717) is 26.2 Å². The van der Waals surface area contributed by atoms with Crippen LogP contribution in [0.2, 0.25) is 0 Å². The predicted molar refractivity (Wildman–Crippen MR) is 79.2 cm³/mol. The number of piperidine rings is 1. The highest BCUT2D eigenvalue weighted by Crippen LogP contribution is 2.16. The Bertz CT molecular complexity index is 318. The molecule has 0 radical (unpaired) electrons. The number of amides is 2. The second-order valence-electron chi connectivity index (χ2n) is 5.22. The molecule has 0 saturated carbocycles. The lowest BCUT2D eigenvalue weighted by atomic mass is 9.97. The van der Waals surface area contributed by atoms with E-state index in [1.165, 1.54) is 0 Å². The van der Waals surface area contributed by atoms with Crippen LogP contribution in [0.5, 0.6) is 0 Å². The first kappa shape index (κ1) is 16.9. The second kappa shape index (κ2) is 8.92. The molecular weight excluding hydrogens is 256 g/mol. The molecule has 1 unspecified atom stereocenters. The van der Waals surface area contributed by atoms with Crippen LogP contribution in [-0.4, -0.2) is 67.4 Å². The van der Waals surface area contributed by atoms with Gasteiger partial charge in [0.05, 0.1) is 12.5 Å². The van der Waals surface area contributed by atoms with Crippen LogP contribution in [0.15, 0.2) is 0 Å². The SMILES string of the molecule is CCN(CC)C(=O)CN1CCCC(C(=O)NCCN)C1. The van der Waals surface area contributed by atoms with Crippen molar-refractivity contribution in [1.82, 2.24) is 15.1 Å². The second-order valence-corrected chi connectivity index (χ2v) is 5.22. The lowest BCUT2D eigenvalue weighted by molar-refractivity contribution is -0.134. The van der Waals surface area contributed by atoms with E-state index in [-0.39, 0.29) is 17.7 Å². The molecule has 1 aliphatic heterocycles. The van der Waals surface area contributed by atoms with E-state index < -0.39 is 0 Å². The lowest BCUT2D eigenvalue weighted by Crippen LogP contribution is -2.47. The molecule has 1 rings (SSSR count). The van der Waals surface area contributed by atoms with Crippen LogP contribution in [0.1, 0.15) is 26.7 Å². The van der Waals surface area contributed by atoms with Gasteiger partial charge in [-0.25, -0.2) is 0 Å². The zero-order valence-corrected chi connectivity index (χ0v) is 12.7. The number of carbonyl (C=O) groups excluding carboxylic acids is 2. The summed E-state index contributed by atoms with van der Waals surface area (Å²) in [5.74, 6) is 0.202. The molecule has 0 bridgehead atoms. The number of hydrogen-bond acceptors (Lipinski definition) is 4. The monoisotopic (exact) mass is 284 g/mol. The summed E-state index contributed by atoms with van der Waals surface area (Å²) in [6.45, 7) is 8.42. The molecule has 1 saturated heterocycles. The van der Waals surface area contributed by atoms with Crippen molar-refractivity contribution in [2.75, 3.05) is 45.8 Å². The van der Waals surface area contributed by atoms with Gasteiger partial charge in [0.1, 0.15) is 0 Å². The van der Waals surface area contributed by atoms with Crippen molar-refractivity contribution in [2.24, 2.45) is 11.7 Å². The molecule has 0 aromatic heterocycles. The molecule has 6 heteroatoms. The minimum atomic E-state index is -0.0141. The highest BCUT2D eigenvalue weighted by molar-refractivity contribution is 5.80. The van der Waals surface area contributed by atoms with Gasteiger partial charge in [-0.15, -0.1) is 0 Å². The molecule has 116 valence electrons. The first-order valence-corrected chi connectivity index (χ1v) is 7.60. The predicted octanol–water partition coefficient (Wildman–Crippen LogP) is -0.358. The molecule has 2 amide bonds. The Labute approximate surface area is 121 Å². The van der Waals surface area contributed by atoms with Crippen LogP contribution in [0.3, 0.4) is 0 Å². The highest BCUT2D eigenvalue weighted by atomic mass is 16.2. The fourth-order valence-corrected chi connectivity index (χ4v) is 2.62. The minimum Gasteiger partial charge on any atom is -0.355 e. The molecular formula is C14H28N4O2. The summed E-state index contributed by atoms with van der Waals surface area (Å²) in [7, 11) is 0. The van der Waals surface area contributed by atoms with Gasteiger partial charge >= 0.3 is 0 Å².